The van der Waals surface area contributed by atoms with Gasteiger partial charge in [0.15, 0.2) is 0 Å². The molecule has 0 spiro atoms. The first-order valence-corrected chi connectivity index (χ1v) is 6.29. The van der Waals surface area contributed by atoms with E-state index < -0.39 is 4.92 Å². The molecule has 1 saturated heterocycles. The number of piperazine rings is 1. The third kappa shape index (κ3) is 3.26. The molecule has 2 rings (SSSR count). The third-order valence-electron chi connectivity index (χ3n) is 3.62. The smallest absolute Gasteiger partial charge is 0.269 e. The predicted octanol–water partition coefficient (Wildman–Crippen LogP) is 1.84. The van der Waals surface area contributed by atoms with Crippen molar-refractivity contribution in [2.24, 2.45) is 0 Å². The van der Waals surface area contributed by atoms with Crippen LogP contribution in [0.5, 0.6) is 0 Å². The number of nitro benzene ring substituents is 1. The quantitative estimate of drug-likeness (QED) is 0.668. The Morgan fingerprint density at radius 1 is 1.35 bits per heavy atom. The molecule has 1 aliphatic rings. The standard InChI is InChI=1S/C13H17N3O3.ClH/c1-9-10(2)15(8-7-14-9)13(17)11-3-5-12(6-4-11)16(18)19;/h3-6,9-10,14H,7-8H2,1-2H3;1H. The molecule has 2 unspecified atom stereocenters. The maximum Gasteiger partial charge on any atom is 0.269 e. The van der Waals surface area contributed by atoms with Crippen LogP contribution in [-0.2, 0) is 0 Å². The van der Waals surface area contributed by atoms with Crippen LogP contribution < -0.4 is 5.32 Å². The molecule has 1 amide bonds. The Hall–Kier alpha value is -1.66. The summed E-state index contributed by atoms with van der Waals surface area (Å²) in [6, 6.07) is 6.11. The molecule has 0 bridgehead atoms. The van der Waals surface area contributed by atoms with Crippen LogP contribution in [0.3, 0.4) is 0 Å². The van der Waals surface area contributed by atoms with E-state index in [4.69, 9.17) is 0 Å². The van der Waals surface area contributed by atoms with E-state index >= 15 is 0 Å². The number of carbonyl (C=O) groups excluding carboxylic acids is 1. The lowest BCUT2D eigenvalue weighted by atomic mass is 10.1. The van der Waals surface area contributed by atoms with E-state index in [1.54, 1.807) is 0 Å². The van der Waals surface area contributed by atoms with Gasteiger partial charge in [-0.2, -0.15) is 0 Å². The fraction of sp³-hybridized carbons (Fsp3) is 0.462. The first-order valence-electron chi connectivity index (χ1n) is 6.29. The van der Waals surface area contributed by atoms with Gasteiger partial charge < -0.3 is 10.2 Å². The average molecular weight is 300 g/mol. The van der Waals surface area contributed by atoms with Crippen LogP contribution >= 0.6 is 12.4 Å². The van der Waals surface area contributed by atoms with Crippen molar-refractivity contribution >= 4 is 24.0 Å². The number of nitrogens with one attached hydrogen (secondary N) is 1. The molecule has 0 saturated carbocycles. The van der Waals surface area contributed by atoms with E-state index in [1.165, 1.54) is 24.3 Å². The van der Waals surface area contributed by atoms with Crippen LogP contribution in [0.2, 0.25) is 0 Å². The van der Waals surface area contributed by atoms with Crippen LogP contribution in [0.4, 0.5) is 5.69 Å². The summed E-state index contributed by atoms with van der Waals surface area (Å²) in [6.45, 7) is 5.46. The first-order chi connectivity index (χ1) is 9.00. The van der Waals surface area contributed by atoms with Crippen LogP contribution in [0.15, 0.2) is 24.3 Å². The number of benzene rings is 1. The zero-order valence-electron chi connectivity index (χ0n) is 11.4. The summed E-state index contributed by atoms with van der Waals surface area (Å²) >= 11 is 0. The number of amides is 1. The number of non-ortho nitro benzene ring substituents is 1. The highest BCUT2D eigenvalue weighted by atomic mass is 35.5. The lowest BCUT2D eigenvalue weighted by molar-refractivity contribution is -0.384. The number of hydrogen-bond acceptors (Lipinski definition) is 4. The Kier molecular flexibility index (Phi) is 5.47. The van der Waals surface area contributed by atoms with Gasteiger partial charge in [0.2, 0.25) is 0 Å². The van der Waals surface area contributed by atoms with Gasteiger partial charge in [-0.15, -0.1) is 12.4 Å². The number of rotatable bonds is 2. The minimum atomic E-state index is -0.468. The van der Waals surface area contributed by atoms with Crippen LogP contribution in [-0.4, -0.2) is 40.9 Å². The van der Waals surface area contributed by atoms with Crippen molar-refractivity contribution in [1.29, 1.82) is 0 Å². The SMILES string of the molecule is CC1NCCN(C(=O)c2ccc([N+](=O)[O-])cc2)C1C.Cl. The lowest BCUT2D eigenvalue weighted by Gasteiger charge is -2.38. The highest BCUT2D eigenvalue weighted by Crippen LogP contribution is 2.17. The Labute approximate surface area is 123 Å². The molecule has 1 aliphatic heterocycles. The van der Waals surface area contributed by atoms with E-state index in [9.17, 15) is 14.9 Å². The third-order valence-corrected chi connectivity index (χ3v) is 3.62. The molecule has 1 aromatic carbocycles. The van der Waals surface area contributed by atoms with Crippen LogP contribution in [0.25, 0.3) is 0 Å². The zero-order valence-corrected chi connectivity index (χ0v) is 12.2. The minimum Gasteiger partial charge on any atom is -0.333 e. The van der Waals surface area contributed by atoms with E-state index in [2.05, 4.69) is 5.32 Å². The van der Waals surface area contributed by atoms with Gasteiger partial charge in [-0.1, -0.05) is 0 Å². The normalized spacial score (nSPS) is 22.0. The fourth-order valence-corrected chi connectivity index (χ4v) is 2.23. The van der Waals surface area contributed by atoms with Crippen molar-refractivity contribution in [3.05, 3.63) is 39.9 Å². The fourth-order valence-electron chi connectivity index (χ4n) is 2.23. The maximum absolute atomic E-state index is 12.4. The first kappa shape index (κ1) is 16.4. The number of carbonyl (C=O) groups is 1. The summed E-state index contributed by atoms with van der Waals surface area (Å²) in [7, 11) is 0. The zero-order chi connectivity index (χ0) is 14.0. The summed E-state index contributed by atoms with van der Waals surface area (Å²) < 4.78 is 0. The second kappa shape index (κ2) is 6.67. The van der Waals surface area contributed by atoms with Crippen molar-refractivity contribution < 1.29 is 9.72 Å². The summed E-state index contributed by atoms with van der Waals surface area (Å²) in [5, 5.41) is 13.9. The molecule has 0 aromatic heterocycles. The van der Waals surface area contributed by atoms with Crippen molar-refractivity contribution in [1.82, 2.24) is 10.2 Å². The molecule has 20 heavy (non-hydrogen) atoms. The predicted molar refractivity (Wildman–Crippen MR) is 78.3 cm³/mol. The molecule has 7 heteroatoms. The van der Waals surface area contributed by atoms with Gasteiger partial charge in [-0.3, -0.25) is 14.9 Å². The minimum absolute atomic E-state index is 0. The van der Waals surface area contributed by atoms with Crippen molar-refractivity contribution in [3.63, 3.8) is 0 Å². The van der Waals surface area contributed by atoms with Crippen molar-refractivity contribution in [2.75, 3.05) is 13.1 Å². The van der Waals surface area contributed by atoms with E-state index in [-0.39, 0.29) is 36.1 Å². The van der Waals surface area contributed by atoms with Gasteiger partial charge in [-0.25, -0.2) is 0 Å². The van der Waals surface area contributed by atoms with Gasteiger partial charge in [0.05, 0.1) is 4.92 Å². The second-order valence-electron chi connectivity index (χ2n) is 4.79. The molecule has 1 fully saturated rings. The molecule has 1 aromatic rings. The van der Waals surface area contributed by atoms with Gasteiger partial charge in [0.25, 0.3) is 11.6 Å². The molecule has 1 N–H and O–H groups in total. The molecular formula is C13H18ClN3O3. The molecule has 0 radical (unpaired) electrons. The van der Waals surface area contributed by atoms with Crippen molar-refractivity contribution in [2.45, 2.75) is 25.9 Å². The van der Waals surface area contributed by atoms with Crippen molar-refractivity contribution in [3.8, 4) is 0 Å². The van der Waals surface area contributed by atoms with Gasteiger partial charge in [0.1, 0.15) is 0 Å². The molecule has 6 nitrogen and oxygen atoms in total. The Bertz CT molecular complexity index is 492. The highest BCUT2D eigenvalue weighted by molar-refractivity contribution is 5.94. The van der Waals surface area contributed by atoms with E-state index in [0.29, 0.717) is 12.1 Å². The van der Waals surface area contributed by atoms with E-state index in [1.807, 2.05) is 18.7 Å². The molecule has 110 valence electrons. The van der Waals surface area contributed by atoms with Crippen LogP contribution in [0.1, 0.15) is 24.2 Å². The van der Waals surface area contributed by atoms with Gasteiger partial charge >= 0.3 is 0 Å². The number of nitro groups is 1. The largest absolute Gasteiger partial charge is 0.333 e. The second-order valence-corrected chi connectivity index (χ2v) is 4.79. The summed E-state index contributed by atoms with van der Waals surface area (Å²) in [6.07, 6.45) is 0. The Balaban J connectivity index is 0.00000200. The topological polar surface area (TPSA) is 75.5 Å². The maximum atomic E-state index is 12.4. The number of hydrogen-bond donors (Lipinski definition) is 1. The molecule has 1 heterocycles. The number of halogens is 1. The molecule has 0 aliphatic carbocycles. The monoisotopic (exact) mass is 299 g/mol. The van der Waals surface area contributed by atoms with Gasteiger partial charge in [0, 0.05) is 42.9 Å². The average Bonchev–Trinajstić information content (AvgIpc) is 2.41. The summed E-state index contributed by atoms with van der Waals surface area (Å²) in [5.41, 5.74) is 0.491. The highest BCUT2D eigenvalue weighted by Gasteiger charge is 2.28. The number of nitrogens with zero attached hydrogens (tertiary/aromatic N) is 2. The summed E-state index contributed by atoms with van der Waals surface area (Å²) in [4.78, 5) is 24.3. The van der Waals surface area contributed by atoms with Crippen LogP contribution in [0, 0.1) is 10.1 Å². The Morgan fingerprint density at radius 2 is 1.95 bits per heavy atom. The Morgan fingerprint density at radius 3 is 2.50 bits per heavy atom. The van der Waals surface area contributed by atoms with Gasteiger partial charge in [-0.05, 0) is 26.0 Å². The summed E-state index contributed by atoms with van der Waals surface area (Å²) in [5.74, 6) is -0.0734. The lowest BCUT2D eigenvalue weighted by Crippen LogP contribution is -2.57. The molecular weight excluding hydrogens is 282 g/mol. The van der Waals surface area contributed by atoms with E-state index in [0.717, 1.165) is 6.54 Å². The molecule has 2 atom stereocenters.